The van der Waals surface area contributed by atoms with Crippen molar-refractivity contribution in [3.8, 4) is 34.5 Å². The number of aliphatic hydroxyl groups is 1. The second-order valence-corrected chi connectivity index (χ2v) is 18.2. The molecule has 1 saturated carbocycles. The van der Waals surface area contributed by atoms with Crippen LogP contribution in [0.2, 0.25) is 0 Å². The number of hydrogen-bond acceptors (Lipinski definition) is 9. The number of likely N-dealkylation sites (tertiary alicyclic amines) is 2. The van der Waals surface area contributed by atoms with Crippen molar-refractivity contribution in [2.75, 3.05) is 66.5 Å². The SMILES string of the molecule is CN1CCc2cccc3c2[C@H]1Cc1ccc(O)c(O)c1-3.COC(=O)[C@@H]1[C@H]2C[C@H]3c4[nH]c5ccccc5c4CCN3C[C@@H]2CC[C@@H]1O.O=C1CCCN1CC#CCN1CCCC1. The molecule has 6 heterocycles. The van der Waals surface area contributed by atoms with Crippen LogP contribution in [0.4, 0.5) is 0 Å². The first kappa shape index (κ1) is 41.5. The number of H-pyrrole nitrogens is 1. The molecular formula is C50H61N5O6. The topological polar surface area (TPSA) is 133 Å². The first-order chi connectivity index (χ1) is 29.7. The van der Waals surface area contributed by atoms with Gasteiger partial charge in [-0.05, 0) is 130 Å². The third-order valence-electron chi connectivity index (χ3n) is 14.8. The quantitative estimate of drug-likeness (QED) is 0.108. The van der Waals surface area contributed by atoms with E-state index in [2.05, 4.69) is 81.0 Å². The van der Waals surface area contributed by atoms with Crippen LogP contribution in [0.3, 0.4) is 0 Å². The number of phenols is 2. The summed E-state index contributed by atoms with van der Waals surface area (Å²) >= 11 is 0. The maximum Gasteiger partial charge on any atom is 0.311 e. The number of ether oxygens (including phenoxy) is 1. The number of methoxy groups -OCH3 is 1. The average molecular weight is 828 g/mol. The van der Waals surface area contributed by atoms with Crippen molar-refractivity contribution in [1.82, 2.24) is 24.6 Å². The number of aromatic nitrogens is 1. The van der Waals surface area contributed by atoms with E-state index >= 15 is 0 Å². The van der Waals surface area contributed by atoms with Gasteiger partial charge in [-0.2, -0.15) is 0 Å². The highest BCUT2D eigenvalue weighted by Crippen LogP contribution is 2.51. The summed E-state index contributed by atoms with van der Waals surface area (Å²) in [6, 6.07) is 19.0. The molecule has 322 valence electrons. The van der Waals surface area contributed by atoms with Gasteiger partial charge in [-0.3, -0.25) is 24.3 Å². The van der Waals surface area contributed by atoms with Gasteiger partial charge in [-0.1, -0.05) is 54.3 Å². The summed E-state index contributed by atoms with van der Waals surface area (Å²) in [5, 5.41) is 31.9. The van der Waals surface area contributed by atoms with Gasteiger partial charge >= 0.3 is 5.97 Å². The number of benzene rings is 3. The first-order valence-electron chi connectivity index (χ1n) is 22.6. The Bertz CT molecular complexity index is 2320. The number of nitrogens with one attached hydrogen (secondary N) is 1. The minimum atomic E-state index is -0.568. The molecular weight excluding hydrogens is 767 g/mol. The van der Waals surface area contributed by atoms with Crippen LogP contribution in [0.15, 0.2) is 54.6 Å². The molecule has 4 fully saturated rings. The van der Waals surface area contributed by atoms with Crippen LogP contribution < -0.4 is 0 Å². The lowest BCUT2D eigenvalue weighted by Crippen LogP contribution is -2.53. The molecule has 3 saturated heterocycles. The highest BCUT2D eigenvalue weighted by molar-refractivity contribution is 5.85. The Morgan fingerprint density at radius 2 is 1.69 bits per heavy atom. The van der Waals surface area contributed by atoms with Gasteiger partial charge in [0.1, 0.15) is 0 Å². The summed E-state index contributed by atoms with van der Waals surface area (Å²) in [7, 11) is 3.60. The molecule has 7 aliphatic rings. The highest BCUT2D eigenvalue weighted by atomic mass is 16.5. The Morgan fingerprint density at radius 3 is 2.49 bits per heavy atom. The zero-order valence-corrected chi connectivity index (χ0v) is 35.7. The number of carbonyl (C=O) groups excluding carboxylic acids is 2. The summed E-state index contributed by atoms with van der Waals surface area (Å²) < 4.78 is 5.04. The summed E-state index contributed by atoms with van der Waals surface area (Å²) in [4.78, 5) is 36.5. The highest BCUT2D eigenvalue weighted by Gasteiger charge is 2.49. The predicted molar refractivity (Wildman–Crippen MR) is 236 cm³/mol. The van der Waals surface area contributed by atoms with Crippen molar-refractivity contribution in [1.29, 1.82) is 0 Å². The number of aromatic hydroxyl groups is 2. The number of carbonyl (C=O) groups is 2. The zero-order chi connectivity index (χ0) is 42.2. The van der Waals surface area contributed by atoms with E-state index in [1.165, 1.54) is 66.3 Å². The van der Waals surface area contributed by atoms with Crippen molar-refractivity contribution < 1.29 is 29.6 Å². The largest absolute Gasteiger partial charge is 0.504 e. The number of nitrogens with zero attached hydrogens (tertiary/aromatic N) is 4. The average Bonchev–Trinajstić information content (AvgIpc) is 4.05. The Kier molecular flexibility index (Phi) is 12.1. The Morgan fingerprint density at radius 1 is 0.869 bits per heavy atom. The normalized spacial score (nSPS) is 26.5. The van der Waals surface area contributed by atoms with E-state index in [0.29, 0.717) is 37.4 Å². The van der Waals surface area contributed by atoms with E-state index in [1.807, 2.05) is 11.0 Å². The van der Waals surface area contributed by atoms with Crippen molar-refractivity contribution in [3.63, 3.8) is 0 Å². The van der Waals surface area contributed by atoms with Crippen LogP contribution in [-0.2, 0) is 33.6 Å². The van der Waals surface area contributed by atoms with Crippen LogP contribution in [0, 0.1) is 29.6 Å². The molecule has 1 aromatic heterocycles. The third kappa shape index (κ3) is 8.16. The summed E-state index contributed by atoms with van der Waals surface area (Å²) in [5.41, 5.74) is 9.67. The molecule has 11 heteroatoms. The molecule has 11 nitrogen and oxygen atoms in total. The van der Waals surface area contributed by atoms with Gasteiger partial charge in [0.2, 0.25) is 5.91 Å². The van der Waals surface area contributed by atoms with E-state index in [1.54, 1.807) is 6.07 Å². The lowest BCUT2D eigenvalue weighted by Gasteiger charge is -2.50. The number of aliphatic hydroxyl groups excluding tert-OH is 1. The molecule has 2 aliphatic carbocycles. The smallest absolute Gasteiger partial charge is 0.311 e. The van der Waals surface area contributed by atoms with Gasteiger partial charge in [-0.15, -0.1) is 0 Å². The van der Waals surface area contributed by atoms with Crippen LogP contribution >= 0.6 is 0 Å². The van der Waals surface area contributed by atoms with Gasteiger partial charge in [-0.25, -0.2) is 0 Å². The second kappa shape index (κ2) is 17.9. The number of fused-ring (bicyclic) bond motifs is 8. The maximum atomic E-state index is 12.4. The number of likely N-dealkylation sites (N-methyl/N-ethyl adjacent to an activating group) is 1. The lowest BCUT2D eigenvalue weighted by molar-refractivity contribution is -0.160. The molecule has 1 amide bonds. The summed E-state index contributed by atoms with van der Waals surface area (Å²) in [6.07, 6.45) is 9.42. The number of para-hydroxylation sites is 1. The Hall–Kier alpha value is -4.86. The van der Waals surface area contributed by atoms with Crippen molar-refractivity contribution in [3.05, 3.63) is 82.5 Å². The lowest BCUT2D eigenvalue weighted by atomic mass is 9.65. The van der Waals surface area contributed by atoms with E-state index in [-0.39, 0.29) is 35.2 Å². The van der Waals surface area contributed by atoms with E-state index in [9.17, 15) is 24.9 Å². The molecule has 4 N–H and O–H groups in total. The molecule has 11 rings (SSSR count). The number of hydrogen-bond donors (Lipinski definition) is 4. The van der Waals surface area contributed by atoms with Crippen molar-refractivity contribution >= 4 is 22.8 Å². The number of phenolic OH excluding ortho intramolecular Hbond substituents is 2. The van der Waals surface area contributed by atoms with Gasteiger partial charge < -0.3 is 29.9 Å². The van der Waals surface area contributed by atoms with Crippen LogP contribution in [0.1, 0.15) is 85.0 Å². The van der Waals surface area contributed by atoms with Crippen molar-refractivity contribution in [2.45, 2.75) is 82.4 Å². The second-order valence-electron chi connectivity index (χ2n) is 18.2. The molecule has 0 bridgehead atoms. The summed E-state index contributed by atoms with van der Waals surface area (Å²) in [6.45, 7) is 7.96. The van der Waals surface area contributed by atoms with Gasteiger partial charge in [0.05, 0.1) is 38.3 Å². The molecule has 6 atom stereocenters. The number of amides is 1. The minimum Gasteiger partial charge on any atom is -0.504 e. The number of esters is 1. The van der Waals surface area contributed by atoms with Crippen LogP contribution in [-0.4, -0.2) is 124 Å². The molecule has 5 aliphatic heterocycles. The van der Waals surface area contributed by atoms with Crippen LogP contribution in [0.5, 0.6) is 11.5 Å². The first-order valence-corrected chi connectivity index (χ1v) is 22.6. The van der Waals surface area contributed by atoms with Gasteiger partial charge in [0, 0.05) is 60.8 Å². The van der Waals surface area contributed by atoms with E-state index < -0.39 is 6.10 Å². The molecule has 0 spiro atoms. The number of piperidine rings is 1. The summed E-state index contributed by atoms with van der Waals surface area (Å²) in [5.74, 6) is 6.56. The molecule has 0 unspecified atom stereocenters. The number of rotatable bonds is 3. The van der Waals surface area contributed by atoms with Crippen LogP contribution in [0.25, 0.3) is 22.0 Å². The fourth-order valence-corrected chi connectivity index (χ4v) is 11.6. The Balaban J connectivity index is 0.000000122. The van der Waals surface area contributed by atoms with E-state index in [0.717, 1.165) is 87.9 Å². The van der Waals surface area contributed by atoms with Gasteiger partial charge in [0.25, 0.3) is 0 Å². The fraction of sp³-hybridized carbons (Fsp3) is 0.520. The monoisotopic (exact) mass is 827 g/mol. The van der Waals surface area contributed by atoms with Gasteiger partial charge in [0.15, 0.2) is 11.5 Å². The molecule has 0 radical (unpaired) electrons. The molecule has 61 heavy (non-hydrogen) atoms. The van der Waals surface area contributed by atoms with Crippen molar-refractivity contribution in [2.24, 2.45) is 17.8 Å². The standard InChI is InChI=1S/C21H26N2O3.C17H17NO2.C12H18N2O/c1-26-21(25)19-15-10-17-20-14(13-4-2-3-5-16(13)22-20)8-9-23(17)11-12(15)6-7-18(19)24;1-18-8-7-10-3-2-4-12-15(10)13(18)9-11-5-6-14(19)17(20)16(11)12;15-12-6-5-11-14(12)10-4-3-9-13-7-1-2-8-13/h2-5,12,15,17-19,22,24H,6-11H2,1H3;2-6,13,19-20H,7-9H2,1H3;1-2,5-11H2/t12-,15-,17-,18-,19+;13-;/m01./s1. The number of aromatic amines is 1. The zero-order valence-electron chi connectivity index (χ0n) is 35.7. The third-order valence-corrected chi connectivity index (χ3v) is 14.8. The fourth-order valence-electron chi connectivity index (χ4n) is 11.6. The van der Waals surface area contributed by atoms with E-state index in [4.69, 9.17) is 4.74 Å². The molecule has 4 aromatic rings. The minimum absolute atomic E-state index is 0.0163. The Labute approximate surface area is 359 Å². The molecule has 3 aromatic carbocycles. The predicted octanol–water partition coefficient (Wildman–Crippen LogP) is 6.21. The maximum absolute atomic E-state index is 12.4.